The second-order valence-corrected chi connectivity index (χ2v) is 6.52. The Morgan fingerprint density at radius 3 is 2.56 bits per heavy atom. The Kier molecular flexibility index (Phi) is 6.39. The molecule has 25 heavy (non-hydrogen) atoms. The third-order valence-corrected chi connectivity index (χ3v) is 4.74. The van der Waals surface area contributed by atoms with Crippen molar-refractivity contribution in [2.24, 2.45) is 0 Å². The minimum atomic E-state index is -0.871. The number of methoxy groups -OCH3 is 1. The first-order chi connectivity index (χ1) is 11.9. The summed E-state index contributed by atoms with van der Waals surface area (Å²) in [5.41, 5.74) is 6.71. The maximum absolute atomic E-state index is 11.8. The fraction of sp³-hybridized carbons (Fsp3) is 0.450. The van der Waals surface area contributed by atoms with Crippen LogP contribution in [0, 0.1) is 27.7 Å². The van der Waals surface area contributed by atoms with Gasteiger partial charge in [0.2, 0.25) is 0 Å². The third kappa shape index (κ3) is 4.30. The summed E-state index contributed by atoms with van der Waals surface area (Å²) in [6, 6.07) is 6.39. The number of aromatic carboxylic acids is 1. The van der Waals surface area contributed by atoms with E-state index in [0.29, 0.717) is 31.8 Å². The molecule has 1 heterocycles. The summed E-state index contributed by atoms with van der Waals surface area (Å²) >= 11 is 0. The molecule has 0 fully saturated rings. The predicted octanol–water partition coefficient (Wildman–Crippen LogP) is 3.20. The first-order valence-corrected chi connectivity index (χ1v) is 8.54. The quantitative estimate of drug-likeness (QED) is 0.722. The Hall–Kier alpha value is -2.11. The van der Waals surface area contributed by atoms with Crippen LogP contribution in [0.25, 0.3) is 0 Å². The number of nitrogens with one attached hydrogen (secondary N) is 1. The van der Waals surface area contributed by atoms with E-state index in [-0.39, 0.29) is 0 Å². The Morgan fingerprint density at radius 2 is 1.92 bits per heavy atom. The number of hydrogen-bond acceptors (Lipinski definition) is 3. The summed E-state index contributed by atoms with van der Waals surface area (Å²) in [5, 5.41) is 12.9. The van der Waals surface area contributed by atoms with Gasteiger partial charge in [0.05, 0.1) is 12.2 Å². The second kappa shape index (κ2) is 8.32. The lowest BCUT2D eigenvalue weighted by atomic mass is 10.1. The fourth-order valence-electron chi connectivity index (χ4n) is 3.21. The number of carboxylic acids is 1. The maximum atomic E-state index is 11.8. The number of rotatable bonds is 8. The molecule has 0 aliphatic heterocycles. The van der Waals surface area contributed by atoms with Gasteiger partial charge in [-0.05, 0) is 38.8 Å². The normalized spacial score (nSPS) is 11.1. The average Bonchev–Trinajstić information content (AvgIpc) is 2.79. The van der Waals surface area contributed by atoms with Crippen LogP contribution in [0.1, 0.15) is 44.0 Å². The molecule has 0 radical (unpaired) electrons. The zero-order valence-corrected chi connectivity index (χ0v) is 15.8. The van der Waals surface area contributed by atoms with Crippen LogP contribution in [0.4, 0.5) is 0 Å². The smallest absolute Gasteiger partial charge is 0.337 e. The standard InChI is InChI=1S/C20H28N2O3/c1-13-6-7-14(2)17(10-13)12-22-15(3)18(11-21-8-9-25-5)19(16(22)4)20(23)24/h6-7,10,21H,8-9,11-12H2,1-5H3,(H,23,24). The molecule has 0 atom stereocenters. The van der Waals surface area contributed by atoms with Crippen molar-refractivity contribution in [1.29, 1.82) is 0 Å². The lowest BCUT2D eigenvalue weighted by molar-refractivity contribution is 0.0694. The van der Waals surface area contributed by atoms with Crippen LogP contribution < -0.4 is 5.32 Å². The van der Waals surface area contributed by atoms with Crippen molar-refractivity contribution in [2.45, 2.75) is 40.8 Å². The van der Waals surface area contributed by atoms with Crippen LogP contribution >= 0.6 is 0 Å². The Bertz CT molecular complexity index is 763. The van der Waals surface area contributed by atoms with Crippen molar-refractivity contribution in [1.82, 2.24) is 9.88 Å². The average molecular weight is 344 g/mol. The van der Waals surface area contributed by atoms with Crippen molar-refractivity contribution in [3.05, 3.63) is 57.4 Å². The van der Waals surface area contributed by atoms with Crippen molar-refractivity contribution in [3.8, 4) is 0 Å². The Balaban J connectivity index is 2.38. The largest absolute Gasteiger partial charge is 0.478 e. The van der Waals surface area contributed by atoms with E-state index in [2.05, 4.69) is 41.9 Å². The minimum absolute atomic E-state index is 0.410. The van der Waals surface area contributed by atoms with Gasteiger partial charge in [-0.25, -0.2) is 4.79 Å². The number of aryl methyl sites for hydroxylation is 2. The molecule has 0 unspecified atom stereocenters. The lowest BCUT2D eigenvalue weighted by Gasteiger charge is -2.13. The minimum Gasteiger partial charge on any atom is -0.478 e. The molecule has 2 N–H and O–H groups in total. The predicted molar refractivity (Wildman–Crippen MR) is 99.5 cm³/mol. The van der Waals surface area contributed by atoms with Gasteiger partial charge in [-0.15, -0.1) is 0 Å². The molecule has 0 saturated carbocycles. The highest BCUT2D eigenvalue weighted by Gasteiger charge is 2.22. The van der Waals surface area contributed by atoms with E-state index < -0.39 is 5.97 Å². The summed E-state index contributed by atoms with van der Waals surface area (Å²) < 4.78 is 7.15. The highest BCUT2D eigenvalue weighted by molar-refractivity contribution is 5.91. The third-order valence-electron chi connectivity index (χ3n) is 4.74. The van der Waals surface area contributed by atoms with Crippen molar-refractivity contribution in [2.75, 3.05) is 20.3 Å². The molecule has 0 aliphatic carbocycles. The van der Waals surface area contributed by atoms with Gasteiger partial charge in [-0.2, -0.15) is 0 Å². The van der Waals surface area contributed by atoms with Gasteiger partial charge in [-0.1, -0.05) is 23.8 Å². The number of benzene rings is 1. The number of aromatic nitrogens is 1. The highest BCUT2D eigenvalue weighted by Crippen LogP contribution is 2.25. The van der Waals surface area contributed by atoms with Crippen molar-refractivity contribution in [3.63, 3.8) is 0 Å². The Morgan fingerprint density at radius 1 is 1.20 bits per heavy atom. The molecular formula is C20H28N2O3. The molecular weight excluding hydrogens is 316 g/mol. The van der Waals surface area contributed by atoms with E-state index >= 15 is 0 Å². The van der Waals surface area contributed by atoms with E-state index in [1.54, 1.807) is 7.11 Å². The molecule has 136 valence electrons. The molecule has 0 amide bonds. The molecule has 0 spiro atoms. The van der Waals surface area contributed by atoms with Crippen LogP contribution in [0.3, 0.4) is 0 Å². The van der Waals surface area contributed by atoms with Crippen molar-refractivity contribution >= 4 is 5.97 Å². The van der Waals surface area contributed by atoms with E-state index in [0.717, 1.165) is 17.0 Å². The second-order valence-electron chi connectivity index (χ2n) is 6.52. The number of hydrogen-bond donors (Lipinski definition) is 2. The molecule has 1 aromatic carbocycles. The Labute approximate surface area is 149 Å². The molecule has 0 aliphatic rings. The molecule has 5 heteroatoms. The topological polar surface area (TPSA) is 63.5 Å². The van der Waals surface area contributed by atoms with E-state index in [1.165, 1.54) is 16.7 Å². The SMILES string of the molecule is COCCNCc1c(C(=O)O)c(C)n(Cc2cc(C)ccc2C)c1C. The van der Waals surface area contributed by atoms with Crippen LogP contribution in [0.15, 0.2) is 18.2 Å². The number of nitrogens with zero attached hydrogens (tertiary/aromatic N) is 1. The molecule has 5 nitrogen and oxygen atoms in total. The summed E-state index contributed by atoms with van der Waals surface area (Å²) in [6.45, 7) is 10.6. The van der Waals surface area contributed by atoms with Gasteiger partial charge in [0.15, 0.2) is 0 Å². The monoisotopic (exact) mass is 344 g/mol. The van der Waals surface area contributed by atoms with Gasteiger partial charge < -0.3 is 19.7 Å². The van der Waals surface area contributed by atoms with Gasteiger partial charge in [0, 0.05) is 43.7 Å². The molecule has 2 aromatic rings. The first-order valence-electron chi connectivity index (χ1n) is 8.54. The van der Waals surface area contributed by atoms with Crippen LogP contribution in [-0.4, -0.2) is 35.9 Å². The highest BCUT2D eigenvalue weighted by atomic mass is 16.5. The summed E-state index contributed by atoms with van der Waals surface area (Å²) in [7, 11) is 1.65. The molecule has 2 rings (SSSR count). The lowest BCUT2D eigenvalue weighted by Crippen LogP contribution is -2.20. The molecule has 1 aromatic heterocycles. The number of carbonyl (C=O) groups is 1. The number of ether oxygens (including phenoxy) is 1. The summed E-state index contributed by atoms with van der Waals surface area (Å²) in [6.07, 6.45) is 0. The van der Waals surface area contributed by atoms with E-state index in [1.807, 2.05) is 13.8 Å². The first kappa shape index (κ1) is 19.2. The van der Waals surface area contributed by atoms with Crippen LogP contribution in [0.5, 0.6) is 0 Å². The van der Waals surface area contributed by atoms with Crippen molar-refractivity contribution < 1.29 is 14.6 Å². The maximum Gasteiger partial charge on any atom is 0.337 e. The molecule has 0 saturated heterocycles. The fourth-order valence-corrected chi connectivity index (χ4v) is 3.21. The van der Waals surface area contributed by atoms with Gasteiger partial charge in [0.1, 0.15) is 0 Å². The van der Waals surface area contributed by atoms with E-state index in [4.69, 9.17) is 4.74 Å². The van der Waals surface area contributed by atoms with Crippen LogP contribution in [0.2, 0.25) is 0 Å². The zero-order valence-electron chi connectivity index (χ0n) is 15.8. The van der Waals surface area contributed by atoms with Gasteiger partial charge in [0.25, 0.3) is 0 Å². The number of carboxylic acid groups (broad SMARTS) is 1. The summed E-state index contributed by atoms with van der Waals surface area (Å²) in [5.74, 6) is -0.871. The van der Waals surface area contributed by atoms with Gasteiger partial charge in [-0.3, -0.25) is 0 Å². The molecule has 0 bridgehead atoms. The van der Waals surface area contributed by atoms with Gasteiger partial charge >= 0.3 is 5.97 Å². The zero-order chi connectivity index (χ0) is 18.6. The summed E-state index contributed by atoms with van der Waals surface area (Å²) in [4.78, 5) is 11.8. The van der Waals surface area contributed by atoms with E-state index in [9.17, 15) is 9.90 Å². The van der Waals surface area contributed by atoms with Crippen LogP contribution in [-0.2, 0) is 17.8 Å².